The van der Waals surface area contributed by atoms with Crippen molar-refractivity contribution in [1.29, 1.82) is 0 Å². The molecule has 0 aromatic heterocycles. The van der Waals surface area contributed by atoms with Gasteiger partial charge in [-0.3, -0.25) is 4.79 Å². The Bertz CT molecular complexity index is 833. The molecular formula is C19H22N2O3S. The number of benzene rings is 2. The SMILES string of the molecule is CC(=O)N1CCCN(S(=O)(=O)c2ccc(-c3ccccc3)cc2)CC1. The lowest BCUT2D eigenvalue weighted by Gasteiger charge is -2.21. The van der Waals surface area contributed by atoms with Gasteiger partial charge < -0.3 is 4.90 Å². The largest absolute Gasteiger partial charge is 0.342 e. The van der Waals surface area contributed by atoms with Gasteiger partial charge in [0, 0.05) is 33.1 Å². The van der Waals surface area contributed by atoms with Crippen LogP contribution in [0.3, 0.4) is 0 Å². The molecule has 0 unspecified atom stereocenters. The van der Waals surface area contributed by atoms with Gasteiger partial charge in [-0.25, -0.2) is 8.42 Å². The average Bonchev–Trinajstić information content (AvgIpc) is 2.89. The predicted octanol–water partition coefficient (Wildman–Crippen LogP) is 2.60. The van der Waals surface area contributed by atoms with E-state index in [1.54, 1.807) is 17.0 Å². The summed E-state index contributed by atoms with van der Waals surface area (Å²) in [6.07, 6.45) is 0.654. The first-order valence-corrected chi connectivity index (χ1v) is 9.83. The fraction of sp³-hybridized carbons (Fsp3) is 0.316. The molecule has 5 nitrogen and oxygen atoms in total. The van der Waals surface area contributed by atoms with E-state index in [4.69, 9.17) is 0 Å². The highest BCUT2D eigenvalue weighted by Gasteiger charge is 2.27. The van der Waals surface area contributed by atoms with Gasteiger partial charge in [-0.15, -0.1) is 0 Å². The van der Waals surface area contributed by atoms with Crippen LogP contribution in [0, 0.1) is 0 Å². The van der Waals surface area contributed by atoms with Gasteiger partial charge in [-0.1, -0.05) is 42.5 Å². The zero-order valence-corrected chi connectivity index (χ0v) is 15.1. The average molecular weight is 358 g/mol. The molecule has 0 bridgehead atoms. The van der Waals surface area contributed by atoms with E-state index in [2.05, 4.69) is 0 Å². The second kappa shape index (κ2) is 7.37. The maximum absolute atomic E-state index is 12.9. The minimum Gasteiger partial charge on any atom is -0.342 e. The highest BCUT2D eigenvalue weighted by atomic mass is 32.2. The second-order valence-corrected chi connectivity index (χ2v) is 8.09. The number of hydrogen-bond donors (Lipinski definition) is 0. The van der Waals surface area contributed by atoms with Crippen LogP contribution in [-0.2, 0) is 14.8 Å². The summed E-state index contributed by atoms with van der Waals surface area (Å²) < 4.78 is 27.3. The topological polar surface area (TPSA) is 57.7 Å². The number of carbonyl (C=O) groups is 1. The van der Waals surface area contributed by atoms with Gasteiger partial charge in [0.25, 0.3) is 0 Å². The van der Waals surface area contributed by atoms with Gasteiger partial charge in [0.2, 0.25) is 15.9 Å². The van der Waals surface area contributed by atoms with E-state index in [1.807, 2.05) is 42.5 Å². The van der Waals surface area contributed by atoms with Crippen molar-refractivity contribution >= 4 is 15.9 Å². The quantitative estimate of drug-likeness (QED) is 0.847. The molecule has 1 heterocycles. The maximum Gasteiger partial charge on any atom is 0.243 e. The van der Waals surface area contributed by atoms with Crippen LogP contribution < -0.4 is 0 Å². The molecule has 0 spiro atoms. The smallest absolute Gasteiger partial charge is 0.243 e. The minimum absolute atomic E-state index is 0.00791. The molecule has 1 saturated heterocycles. The fourth-order valence-corrected chi connectivity index (χ4v) is 4.52. The van der Waals surface area contributed by atoms with Crippen LogP contribution >= 0.6 is 0 Å². The molecule has 0 saturated carbocycles. The molecule has 2 aromatic carbocycles. The van der Waals surface area contributed by atoms with E-state index >= 15 is 0 Å². The molecule has 0 aliphatic carbocycles. The summed E-state index contributed by atoms with van der Waals surface area (Å²) in [4.78, 5) is 13.5. The summed E-state index contributed by atoms with van der Waals surface area (Å²) in [5.41, 5.74) is 2.04. The Labute approximate surface area is 148 Å². The lowest BCUT2D eigenvalue weighted by Crippen LogP contribution is -2.36. The molecule has 132 valence electrons. The van der Waals surface area contributed by atoms with E-state index in [0.717, 1.165) is 11.1 Å². The van der Waals surface area contributed by atoms with E-state index in [9.17, 15) is 13.2 Å². The Balaban J connectivity index is 1.79. The summed E-state index contributed by atoms with van der Waals surface area (Å²) in [6, 6.07) is 16.8. The number of rotatable bonds is 3. The van der Waals surface area contributed by atoms with E-state index < -0.39 is 10.0 Å². The monoisotopic (exact) mass is 358 g/mol. The molecule has 0 atom stereocenters. The van der Waals surface area contributed by atoms with Gasteiger partial charge in [0.15, 0.2) is 0 Å². The number of hydrogen-bond acceptors (Lipinski definition) is 3. The van der Waals surface area contributed by atoms with Gasteiger partial charge >= 0.3 is 0 Å². The Morgan fingerprint density at radius 3 is 2.12 bits per heavy atom. The van der Waals surface area contributed by atoms with E-state index in [0.29, 0.717) is 37.5 Å². The van der Waals surface area contributed by atoms with Crippen molar-refractivity contribution in [2.75, 3.05) is 26.2 Å². The van der Waals surface area contributed by atoms with Crippen molar-refractivity contribution in [2.24, 2.45) is 0 Å². The van der Waals surface area contributed by atoms with Crippen molar-refractivity contribution in [1.82, 2.24) is 9.21 Å². The highest BCUT2D eigenvalue weighted by Crippen LogP contribution is 2.23. The van der Waals surface area contributed by atoms with E-state index in [-0.39, 0.29) is 5.91 Å². The number of sulfonamides is 1. The van der Waals surface area contributed by atoms with Crippen molar-refractivity contribution in [3.8, 4) is 11.1 Å². The Hall–Kier alpha value is -2.18. The van der Waals surface area contributed by atoms with Gasteiger partial charge in [0.1, 0.15) is 0 Å². The highest BCUT2D eigenvalue weighted by molar-refractivity contribution is 7.89. The Morgan fingerprint density at radius 2 is 1.48 bits per heavy atom. The van der Waals surface area contributed by atoms with Crippen LogP contribution in [0.25, 0.3) is 11.1 Å². The third kappa shape index (κ3) is 3.91. The lowest BCUT2D eigenvalue weighted by molar-refractivity contribution is -0.128. The standard InChI is InChI=1S/C19H22N2O3S/c1-16(22)20-12-5-13-21(15-14-20)25(23,24)19-10-8-18(9-11-19)17-6-3-2-4-7-17/h2-4,6-11H,5,12-15H2,1H3. The van der Waals surface area contributed by atoms with Gasteiger partial charge in [-0.05, 0) is 29.7 Å². The summed E-state index contributed by atoms with van der Waals surface area (Å²) in [7, 11) is -3.54. The Kier molecular flexibility index (Phi) is 5.20. The molecule has 0 N–H and O–H groups in total. The molecule has 3 rings (SSSR count). The molecule has 1 amide bonds. The molecular weight excluding hydrogens is 336 g/mol. The zero-order valence-electron chi connectivity index (χ0n) is 14.3. The predicted molar refractivity (Wildman–Crippen MR) is 97.5 cm³/mol. The molecule has 2 aromatic rings. The molecule has 1 aliphatic rings. The van der Waals surface area contributed by atoms with Crippen molar-refractivity contribution in [3.05, 3.63) is 54.6 Å². The number of carbonyl (C=O) groups excluding carboxylic acids is 1. The minimum atomic E-state index is -3.54. The lowest BCUT2D eigenvalue weighted by atomic mass is 10.1. The van der Waals surface area contributed by atoms with Crippen molar-refractivity contribution in [2.45, 2.75) is 18.2 Å². The maximum atomic E-state index is 12.9. The van der Waals surface area contributed by atoms with Crippen LogP contribution in [0.2, 0.25) is 0 Å². The van der Waals surface area contributed by atoms with E-state index in [1.165, 1.54) is 11.2 Å². The summed E-state index contributed by atoms with van der Waals surface area (Å²) in [5, 5.41) is 0. The summed E-state index contributed by atoms with van der Waals surface area (Å²) >= 11 is 0. The zero-order chi connectivity index (χ0) is 17.9. The molecule has 1 aliphatic heterocycles. The molecule has 0 radical (unpaired) electrons. The van der Waals surface area contributed by atoms with Gasteiger partial charge in [-0.2, -0.15) is 4.31 Å². The van der Waals surface area contributed by atoms with Crippen LogP contribution in [0.1, 0.15) is 13.3 Å². The van der Waals surface area contributed by atoms with Crippen LogP contribution in [0.15, 0.2) is 59.5 Å². The first kappa shape index (κ1) is 17.6. The van der Waals surface area contributed by atoms with Crippen molar-refractivity contribution < 1.29 is 13.2 Å². The first-order chi connectivity index (χ1) is 12.0. The first-order valence-electron chi connectivity index (χ1n) is 8.39. The second-order valence-electron chi connectivity index (χ2n) is 6.15. The fourth-order valence-electron chi connectivity index (χ4n) is 3.05. The van der Waals surface area contributed by atoms with Gasteiger partial charge in [0.05, 0.1) is 4.90 Å². The molecule has 6 heteroatoms. The number of nitrogens with zero attached hydrogens (tertiary/aromatic N) is 2. The normalized spacial score (nSPS) is 16.4. The third-order valence-corrected chi connectivity index (χ3v) is 6.41. The molecule has 25 heavy (non-hydrogen) atoms. The van der Waals surface area contributed by atoms with Crippen LogP contribution in [-0.4, -0.2) is 49.7 Å². The summed E-state index contributed by atoms with van der Waals surface area (Å²) in [5.74, 6) is -0.00791. The Morgan fingerprint density at radius 1 is 0.840 bits per heavy atom. The van der Waals surface area contributed by atoms with Crippen molar-refractivity contribution in [3.63, 3.8) is 0 Å². The number of amides is 1. The summed E-state index contributed by atoms with van der Waals surface area (Å²) in [6.45, 7) is 3.34. The molecule has 1 fully saturated rings. The van der Waals surface area contributed by atoms with Crippen LogP contribution in [0.4, 0.5) is 0 Å². The third-order valence-electron chi connectivity index (χ3n) is 4.50. The van der Waals surface area contributed by atoms with Crippen LogP contribution in [0.5, 0.6) is 0 Å².